The summed E-state index contributed by atoms with van der Waals surface area (Å²) in [4.78, 5) is 23.1. The first kappa shape index (κ1) is 17.1. The van der Waals surface area contributed by atoms with Gasteiger partial charge in [0.05, 0.1) is 11.0 Å². The Morgan fingerprint density at radius 2 is 1.96 bits per heavy atom. The molecule has 3 rings (SSSR count). The number of hydrogen-bond acceptors (Lipinski definition) is 4. The molecule has 7 nitrogen and oxygen atoms in total. The molecular weight excluding hydrogens is 320 g/mol. The second-order valence-electron chi connectivity index (χ2n) is 6.73. The molecule has 0 bridgehead atoms. The van der Waals surface area contributed by atoms with Crippen molar-refractivity contribution in [1.82, 2.24) is 15.1 Å². The first-order valence-corrected chi connectivity index (χ1v) is 8.41. The summed E-state index contributed by atoms with van der Waals surface area (Å²) < 4.78 is 1.40. The number of hydrogen-bond donors (Lipinski definition) is 1. The summed E-state index contributed by atoms with van der Waals surface area (Å²) >= 11 is 0. The lowest BCUT2D eigenvalue weighted by atomic mass is 10.0. The topological polar surface area (TPSA) is 90.1 Å². The van der Waals surface area contributed by atoms with Crippen LogP contribution in [0, 0.1) is 36.8 Å². The van der Waals surface area contributed by atoms with Crippen molar-refractivity contribution in [2.24, 2.45) is 5.92 Å². The van der Waals surface area contributed by atoms with Crippen LogP contribution in [0.4, 0.5) is 5.69 Å². The largest absolute Gasteiger partial charge is 0.347 e. The van der Waals surface area contributed by atoms with E-state index in [1.807, 2.05) is 31.2 Å². The van der Waals surface area contributed by atoms with Crippen LogP contribution in [-0.2, 0) is 11.3 Å². The molecule has 7 heteroatoms. The second kappa shape index (κ2) is 6.66. The van der Waals surface area contributed by atoms with Gasteiger partial charge in [-0.25, -0.2) is 0 Å². The van der Waals surface area contributed by atoms with E-state index in [0.717, 1.165) is 18.4 Å². The number of nitrogens with zero attached hydrogens (tertiary/aromatic N) is 3. The van der Waals surface area contributed by atoms with Crippen molar-refractivity contribution in [3.05, 3.63) is 56.9 Å². The van der Waals surface area contributed by atoms with Gasteiger partial charge in [0.1, 0.15) is 17.9 Å². The summed E-state index contributed by atoms with van der Waals surface area (Å²) in [5.74, 6) is 0.277. The lowest BCUT2D eigenvalue weighted by molar-refractivity contribution is -0.386. The Labute approximate surface area is 146 Å². The normalized spacial score (nSPS) is 15.0. The van der Waals surface area contributed by atoms with Gasteiger partial charge in [-0.3, -0.25) is 19.6 Å². The highest BCUT2D eigenvalue weighted by Gasteiger charge is 2.33. The van der Waals surface area contributed by atoms with Gasteiger partial charge in [-0.15, -0.1) is 0 Å². The minimum atomic E-state index is -0.453. The molecule has 1 fully saturated rings. The Hall–Kier alpha value is -2.70. The van der Waals surface area contributed by atoms with Gasteiger partial charge in [0, 0.05) is 0 Å². The van der Waals surface area contributed by atoms with Crippen LogP contribution in [0.5, 0.6) is 0 Å². The van der Waals surface area contributed by atoms with Gasteiger partial charge < -0.3 is 5.32 Å². The predicted octanol–water partition coefficient (Wildman–Crippen LogP) is 2.98. The number of carbonyl (C=O) groups excluding carboxylic acids is 1. The summed E-state index contributed by atoms with van der Waals surface area (Å²) in [5, 5.41) is 18.3. The number of nitrogens with one attached hydrogen (secondary N) is 1. The second-order valence-corrected chi connectivity index (χ2v) is 6.73. The van der Waals surface area contributed by atoms with E-state index in [2.05, 4.69) is 10.4 Å². The number of rotatable bonds is 6. The van der Waals surface area contributed by atoms with E-state index in [1.165, 1.54) is 10.2 Å². The lowest BCUT2D eigenvalue weighted by Gasteiger charge is -2.19. The molecule has 1 heterocycles. The molecule has 1 aromatic heterocycles. The van der Waals surface area contributed by atoms with E-state index in [4.69, 9.17) is 0 Å². The van der Waals surface area contributed by atoms with Crippen LogP contribution in [0.25, 0.3) is 0 Å². The third kappa shape index (κ3) is 3.70. The van der Waals surface area contributed by atoms with Crippen molar-refractivity contribution in [1.29, 1.82) is 0 Å². The molecule has 0 spiro atoms. The molecule has 0 radical (unpaired) electrons. The third-order valence-electron chi connectivity index (χ3n) is 4.67. The van der Waals surface area contributed by atoms with Gasteiger partial charge in [0.2, 0.25) is 5.91 Å². The quantitative estimate of drug-likeness (QED) is 0.645. The fourth-order valence-electron chi connectivity index (χ4n) is 3.14. The molecule has 25 heavy (non-hydrogen) atoms. The molecule has 1 aliphatic carbocycles. The fourth-order valence-corrected chi connectivity index (χ4v) is 3.14. The van der Waals surface area contributed by atoms with Crippen molar-refractivity contribution < 1.29 is 9.72 Å². The van der Waals surface area contributed by atoms with Gasteiger partial charge >= 0.3 is 5.69 Å². The van der Waals surface area contributed by atoms with Crippen molar-refractivity contribution in [3.63, 3.8) is 0 Å². The first-order valence-electron chi connectivity index (χ1n) is 8.41. The number of carbonyl (C=O) groups is 1. The maximum Gasteiger partial charge on any atom is 0.312 e. The molecule has 1 unspecified atom stereocenters. The predicted molar refractivity (Wildman–Crippen MR) is 93.1 cm³/mol. The van der Waals surface area contributed by atoms with Crippen LogP contribution in [0.3, 0.4) is 0 Å². The molecule has 1 N–H and O–H groups in total. The maximum absolute atomic E-state index is 12.5. The summed E-state index contributed by atoms with van der Waals surface area (Å²) in [6, 6.07) is 8.17. The van der Waals surface area contributed by atoms with E-state index >= 15 is 0 Å². The van der Waals surface area contributed by atoms with E-state index < -0.39 is 4.92 Å². The van der Waals surface area contributed by atoms with Crippen LogP contribution in [0.2, 0.25) is 0 Å². The number of amides is 1. The SMILES string of the molecule is Cc1ccc(C(NC(=O)Cn2nc(C)c([N+](=O)[O-])c2C)C2CC2)cc1. The number of aromatic nitrogens is 2. The van der Waals surface area contributed by atoms with Crippen molar-refractivity contribution >= 4 is 11.6 Å². The van der Waals surface area contributed by atoms with E-state index in [-0.39, 0.29) is 24.2 Å². The third-order valence-corrected chi connectivity index (χ3v) is 4.67. The highest BCUT2D eigenvalue weighted by Crippen LogP contribution is 2.41. The highest BCUT2D eigenvalue weighted by molar-refractivity contribution is 5.76. The van der Waals surface area contributed by atoms with Crippen molar-refractivity contribution in [3.8, 4) is 0 Å². The monoisotopic (exact) mass is 342 g/mol. The lowest BCUT2D eigenvalue weighted by Crippen LogP contribution is -2.33. The van der Waals surface area contributed by atoms with E-state index in [1.54, 1.807) is 13.8 Å². The summed E-state index contributed by atoms with van der Waals surface area (Å²) in [6.07, 6.45) is 2.20. The standard InChI is InChI=1S/C18H22N4O3/c1-11-4-6-14(7-5-11)17(15-8-9-15)19-16(23)10-21-13(3)18(22(24)25)12(2)20-21/h4-7,15,17H,8-10H2,1-3H3,(H,19,23). The van der Waals surface area contributed by atoms with Crippen LogP contribution in [0.1, 0.15) is 41.4 Å². The highest BCUT2D eigenvalue weighted by atomic mass is 16.6. The van der Waals surface area contributed by atoms with Crippen molar-refractivity contribution in [2.75, 3.05) is 0 Å². The minimum absolute atomic E-state index is 0.0138. The zero-order valence-electron chi connectivity index (χ0n) is 14.7. The van der Waals surface area contributed by atoms with Crippen LogP contribution in [0.15, 0.2) is 24.3 Å². The Morgan fingerprint density at radius 1 is 1.32 bits per heavy atom. The molecule has 132 valence electrons. The van der Waals surface area contributed by atoms with Crippen molar-refractivity contribution in [2.45, 2.75) is 46.2 Å². The van der Waals surface area contributed by atoms with E-state index in [0.29, 0.717) is 17.3 Å². The Morgan fingerprint density at radius 3 is 2.48 bits per heavy atom. The molecule has 1 aromatic carbocycles. The Kier molecular flexibility index (Phi) is 4.57. The summed E-state index contributed by atoms with van der Waals surface area (Å²) in [5.41, 5.74) is 2.98. The van der Waals surface area contributed by atoms with Gasteiger partial charge in [-0.2, -0.15) is 5.10 Å². The van der Waals surface area contributed by atoms with Crippen LogP contribution < -0.4 is 5.32 Å². The number of benzene rings is 1. The maximum atomic E-state index is 12.5. The van der Waals surface area contributed by atoms with Gasteiger partial charge in [-0.1, -0.05) is 29.8 Å². The van der Waals surface area contributed by atoms with Crippen LogP contribution >= 0.6 is 0 Å². The Bertz CT molecular complexity index is 806. The molecule has 1 aliphatic rings. The molecule has 1 saturated carbocycles. The molecule has 0 aliphatic heterocycles. The average molecular weight is 342 g/mol. The van der Waals surface area contributed by atoms with Gasteiger partial charge in [0.15, 0.2) is 0 Å². The first-order chi connectivity index (χ1) is 11.9. The smallest absolute Gasteiger partial charge is 0.312 e. The van der Waals surface area contributed by atoms with Gasteiger partial charge in [0.25, 0.3) is 0 Å². The van der Waals surface area contributed by atoms with E-state index in [9.17, 15) is 14.9 Å². The van der Waals surface area contributed by atoms with Crippen LogP contribution in [-0.4, -0.2) is 20.6 Å². The molecule has 2 aromatic rings. The minimum Gasteiger partial charge on any atom is -0.347 e. The zero-order chi connectivity index (χ0) is 18.1. The summed E-state index contributed by atoms with van der Waals surface area (Å²) in [6.45, 7) is 5.21. The Balaban J connectivity index is 1.74. The molecular formula is C18H22N4O3. The molecule has 1 atom stereocenters. The zero-order valence-corrected chi connectivity index (χ0v) is 14.7. The number of aryl methyl sites for hydroxylation is 2. The number of nitro groups is 1. The summed E-state index contributed by atoms with van der Waals surface area (Å²) in [7, 11) is 0. The molecule has 1 amide bonds. The van der Waals surface area contributed by atoms with Gasteiger partial charge in [-0.05, 0) is 45.1 Å². The molecule has 0 saturated heterocycles. The average Bonchev–Trinajstić information content (AvgIpc) is 3.33. The fraction of sp³-hybridized carbons (Fsp3) is 0.444.